The summed E-state index contributed by atoms with van der Waals surface area (Å²) in [6.45, 7) is 0. The summed E-state index contributed by atoms with van der Waals surface area (Å²) in [6, 6.07) is 2.47. The maximum Gasteiger partial charge on any atom is 0.160 e. The third-order valence-corrected chi connectivity index (χ3v) is 5.32. The van der Waals surface area contributed by atoms with Gasteiger partial charge in [-0.2, -0.15) is 0 Å². The van der Waals surface area contributed by atoms with Gasteiger partial charge in [-0.15, -0.1) is 11.6 Å². The highest BCUT2D eigenvalue weighted by atomic mass is 35.5. The summed E-state index contributed by atoms with van der Waals surface area (Å²) in [5.41, 5.74) is 1.88. The SMILES string of the molecule is ClCCc1nc2cc(Cl)cnc2n1C1CC2CCC1C2. The molecule has 4 rings (SSSR count). The van der Waals surface area contributed by atoms with Crippen LogP contribution < -0.4 is 0 Å². The van der Waals surface area contributed by atoms with E-state index in [1.807, 2.05) is 6.07 Å². The summed E-state index contributed by atoms with van der Waals surface area (Å²) >= 11 is 12.0. The number of fused-ring (bicyclic) bond motifs is 3. The summed E-state index contributed by atoms with van der Waals surface area (Å²) in [5.74, 6) is 3.36. The second-order valence-electron chi connectivity index (χ2n) is 6.08. The fourth-order valence-corrected chi connectivity index (χ4v) is 4.46. The van der Waals surface area contributed by atoms with Crippen molar-refractivity contribution in [3.8, 4) is 0 Å². The van der Waals surface area contributed by atoms with E-state index in [4.69, 9.17) is 28.2 Å². The summed E-state index contributed by atoms with van der Waals surface area (Å²) in [6.07, 6.45) is 7.91. The monoisotopic (exact) mass is 309 g/mol. The Bertz CT molecular complexity index is 652. The topological polar surface area (TPSA) is 30.7 Å². The number of alkyl halides is 1. The lowest BCUT2D eigenvalue weighted by atomic mass is 9.95. The van der Waals surface area contributed by atoms with Gasteiger partial charge in [0.15, 0.2) is 5.65 Å². The normalized spacial score (nSPS) is 28.6. The van der Waals surface area contributed by atoms with E-state index in [-0.39, 0.29) is 0 Å². The number of halogens is 2. The van der Waals surface area contributed by atoms with Crippen LogP contribution in [-0.4, -0.2) is 20.4 Å². The van der Waals surface area contributed by atoms with Crippen molar-refractivity contribution in [3.63, 3.8) is 0 Å². The number of rotatable bonds is 3. The molecule has 106 valence electrons. The Labute approximate surface area is 128 Å². The number of aryl methyl sites for hydroxylation is 1. The number of hydrogen-bond donors (Lipinski definition) is 0. The predicted molar refractivity (Wildman–Crippen MR) is 81.4 cm³/mol. The number of aromatic nitrogens is 3. The highest BCUT2D eigenvalue weighted by molar-refractivity contribution is 6.31. The highest BCUT2D eigenvalue weighted by Crippen LogP contribution is 2.51. The number of pyridine rings is 1. The van der Waals surface area contributed by atoms with Crippen LogP contribution in [0.4, 0.5) is 0 Å². The minimum absolute atomic E-state index is 0.561. The minimum Gasteiger partial charge on any atom is -0.309 e. The molecule has 2 fully saturated rings. The van der Waals surface area contributed by atoms with Crippen LogP contribution in [0.2, 0.25) is 5.02 Å². The molecule has 0 radical (unpaired) electrons. The maximum atomic E-state index is 6.04. The maximum absolute atomic E-state index is 6.04. The van der Waals surface area contributed by atoms with E-state index in [1.165, 1.54) is 25.7 Å². The highest BCUT2D eigenvalue weighted by Gasteiger charge is 2.41. The Morgan fingerprint density at radius 1 is 1.30 bits per heavy atom. The van der Waals surface area contributed by atoms with E-state index in [9.17, 15) is 0 Å². The Morgan fingerprint density at radius 3 is 2.90 bits per heavy atom. The molecular weight excluding hydrogens is 293 g/mol. The Hall–Kier alpha value is -0.800. The molecule has 0 amide bonds. The molecule has 2 bridgehead atoms. The minimum atomic E-state index is 0.561. The Balaban J connectivity index is 1.85. The van der Waals surface area contributed by atoms with Gasteiger partial charge in [-0.05, 0) is 37.2 Å². The van der Waals surface area contributed by atoms with Crippen LogP contribution in [-0.2, 0) is 6.42 Å². The van der Waals surface area contributed by atoms with E-state index < -0.39 is 0 Å². The van der Waals surface area contributed by atoms with Gasteiger partial charge in [0, 0.05) is 24.5 Å². The third kappa shape index (κ3) is 1.94. The summed E-state index contributed by atoms with van der Waals surface area (Å²) in [4.78, 5) is 9.26. The molecule has 0 aromatic carbocycles. The molecule has 0 N–H and O–H groups in total. The third-order valence-electron chi connectivity index (χ3n) is 4.92. The van der Waals surface area contributed by atoms with Crippen molar-refractivity contribution in [2.45, 2.75) is 38.1 Å². The zero-order valence-electron chi connectivity index (χ0n) is 11.2. The fraction of sp³-hybridized carbons (Fsp3) is 0.600. The lowest BCUT2D eigenvalue weighted by molar-refractivity contribution is 0.328. The van der Waals surface area contributed by atoms with Crippen molar-refractivity contribution in [1.82, 2.24) is 14.5 Å². The van der Waals surface area contributed by atoms with Gasteiger partial charge in [0.25, 0.3) is 0 Å². The summed E-state index contributed by atoms with van der Waals surface area (Å²) in [5, 5.41) is 0.646. The lowest BCUT2D eigenvalue weighted by Crippen LogP contribution is -2.19. The van der Waals surface area contributed by atoms with Gasteiger partial charge in [-0.3, -0.25) is 0 Å². The zero-order chi connectivity index (χ0) is 13.7. The van der Waals surface area contributed by atoms with Crippen LogP contribution in [0.25, 0.3) is 11.2 Å². The average molecular weight is 310 g/mol. The van der Waals surface area contributed by atoms with Gasteiger partial charge in [0.1, 0.15) is 11.3 Å². The second-order valence-corrected chi connectivity index (χ2v) is 6.89. The van der Waals surface area contributed by atoms with E-state index in [1.54, 1.807) is 6.20 Å². The van der Waals surface area contributed by atoms with Crippen molar-refractivity contribution in [3.05, 3.63) is 23.1 Å². The van der Waals surface area contributed by atoms with Crippen molar-refractivity contribution in [2.24, 2.45) is 11.8 Å². The lowest BCUT2D eigenvalue weighted by Gasteiger charge is -2.25. The van der Waals surface area contributed by atoms with Gasteiger partial charge < -0.3 is 4.57 Å². The zero-order valence-corrected chi connectivity index (χ0v) is 12.7. The molecule has 5 heteroatoms. The van der Waals surface area contributed by atoms with Crippen LogP contribution in [0.3, 0.4) is 0 Å². The summed E-state index contributed by atoms with van der Waals surface area (Å²) in [7, 11) is 0. The van der Waals surface area contributed by atoms with E-state index in [0.717, 1.165) is 35.2 Å². The first-order valence-electron chi connectivity index (χ1n) is 7.34. The molecule has 0 aliphatic heterocycles. The van der Waals surface area contributed by atoms with Crippen molar-refractivity contribution < 1.29 is 0 Å². The molecule has 2 aliphatic carbocycles. The molecular formula is C15H17Cl2N3. The molecule has 2 aliphatic rings. The quantitative estimate of drug-likeness (QED) is 0.794. The first kappa shape index (κ1) is 12.9. The molecule has 3 nitrogen and oxygen atoms in total. The number of imidazole rings is 1. The second kappa shape index (κ2) is 4.88. The van der Waals surface area contributed by atoms with Crippen molar-refractivity contribution in [1.29, 1.82) is 0 Å². The van der Waals surface area contributed by atoms with Gasteiger partial charge in [0.2, 0.25) is 0 Å². The van der Waals surface area contributed by atoms with Gasteiger partial charge in [0.05, 0.1) is 5.02 Å². The fourth-order valence-electron chi connectivity index (χ4n) is 4.14. The molecule has 2 heterocycles. The first-order chi connectivity index (χ1) is 9.76. The molecule has 3 atom stereocenters. The molecule has 2 aromatic heterocycles. The molecule has 3 unspecified atom stereocenters. The van der Waals surface area contributed by atoms with Crippen LogP contribution in [0, 0.1) is 11.8 Å². The number of hydrogen-bond acceptors (Lipinski definition) is 2. The van der Waals surface area contributed by atoms with Crippen LogP contribution in [0.1, 0.15) is 37.5 Å². The van der Waals surface area contributed by atoms with E-state index >= 15 is 0 Å². The Kier molecular flexibility index (Phi) is 3.15. The van der Waals surface area contributed by atoms with Crippen LogP contribution in [0.5, 0.6) is 0 Å². The van der Waals surface area contributed by atoms with Crippen LogP contribution >= 0.6 is 23.2 Å². The van der Waals surface area contributed by atoms with Gasteiger partial charge >= 0.3 is 0 Å². The molecule has 0 saturated heterocycles. The van der Waals surface area contributed by atoms with Crippen molar-refractivity contribution in [2.75, 3.05) is 5.88 Å². The standard InChI is InChI=1S/C15H17Cl2N3/c16-4-3-14-19-12-7-11(17)8-18-15(12)20(14)13-6-9-1-2-10(13)5-9/h7-10,13H,1-6H2. The number of nitrogens with zero attached hydrogens (tertiary/aromatic N) is 3. The molecule has 2 saturated carbocycles. The first-order valence-corrected chi connectivity index (χ1v) is 8.26. The van der Waals surface area contributed by atoms with Crippen LogP contribution in [0.15, 0.2) is 12.3 Å². The average Bonchev–Trinajstić information content (AvgIpc) is 3.11. The molecule has 2 aromatic rings. The smallest absolute Gasteiger partial charge is 0.160 e. The molecule has 0 spiro atoms. The van der Waals surface area contributed by atoms with E-state index in [2.05, 4.69) is 9.55 Å². The van der Waals surface area contributed by atoms with Gasteiger partial charge in [-0.25, -0.2) is 9.97 Å². The van der Waals surface area contributed by atoms with E-state index in [0.29, 0.717) is 16.9 Å². The van der Waals surface area contributed by atoms with Crippen molar-refractivity contribution >= 4 is 34.4 Å². The Morgan fingerprint density at radius 2 is 2.20 bits per heavy atom. The summed E-state index contributed by atoms with van der Waals surface area (Å²) < 4.78 is 2.36. The van der Waals surface area contributed by atoms with Gasteiger partial charge in [-0.1, -0.05) is 18.0 Å². The molecule has 20 heavy (non-hydrogen) atoms. The largest absolute Gasteiger partial charge is 0.309 e. The predicted octanol–water partition coefficient (Wildman–Crippen LogP) is 4.23.